The molecule has 0 heterocycles. The molecule has 0 aromatic heterocycles. The molecule has 0 radical (unpaired) electrons. The van der Waals surface area contributed by atoms with E-state index in [2.05, 4.69) is 29.6 Å². The minimum atomic E-state index is -0.825. The smallest absolute Gasteiger partial charge is 0.303 e. The van der Waals surface area contributed by atoms with Crippen LogP contribution in [0, 0.1) is 5.92 Å². The lowest BCUT2D eigenvalue weighted by Gasteiger charge is -2.07. The van der Waals surface area contributed by atoms with Crippen LogP contribution in [0.5, 0.6) is 0 Å². The normalized spacial score (nSPS) is 19.8. The SMILES string of the molecule is O=C(O)CCCNC(=O)C1CC1c1cccc2ccccc12. The first-order valence-electron chi connectivity index (χ1n) is 7.64. The van der Waals surface area contributed by atoms with Crippen molar-refractivity contribution in [1.82, 2.24) is 5.32 Å². The summed E-state index contributed by atoms with van der Waals surface area (Å²) in [6.07, 6.45) is 1.45. The third-order valence-electron chi connectivity index (χ3n) is 4.22. The van der Waals surface area contributed by atoms with Crippen LogP contribution in [0.4, 0.5) is 0 Å². The second-order valence-corrected chi connectivity index (χ2v) is 5.81. The van der Waals surface area contributed by atoms with Gasteiger partial charge >= 0.3 is 5.97 Å². The van der Waals surface area contributed by atoms with E-state index in [4.69, 9.17) is 5.11 Å². The van der Waals surface area contributed by atoms with Crippen LogP contribution in [0.1, 0.15) is 30.7 Å². The number of aliphatic carboxylic acids is 1. The van der Waals surface area contributed by atoms with Gasteiger partial charge in [0.15, 0.2) is 0 Å². The van der Waals surface area contributed by atoms with Gasteiger partial charge in [0.05, 0.1) is 0 Å². The molecule has 2 atom stereocenters. The predicted molar refractivity (Wildman–Crippen MR) is 84.7 cm³/mol. The molecule has 2 aromatic carbocycles. The lowest BCUT2D eigenvalue weighted by Crippen LogP contribution is -2.26. The number of carboxylic acid groups (broad SMARTS) is 1. The van der Waals surface area contributed by atoms with Crippen LogP contribution in [0.15, 0.2) is 42.5 Å². The molecule has 4 heteroatoms. The van der Waals surface area contributed by atoms with Gasteiger partial charge < -0.3 is 10.4 Å². The van der Waals surface area contributed by atoms with E-state index in [1.165, 1.54) is 16.3 Å². The van der Waals surface area contributed by atoms with Gasteiger partial charge in [-0.1, -0.05) is 42.5 Å². The minimum Gasteiger partial charge on any atom is -0.481 e. The Bertz CT molecular complexity index is 705. The molecule has 2 unspecified atom stereocenters. The lowest BCUT2D eigenvalue weighted by atomic mass is 10.00. The molecular weight excluding hydrogens is 278 g/mol. The van der Waals surface area contributed by atoms with E-state index < -0.39 is 5.97 Å². The van der Waals surface area contributed by atoms with Crippen molar-refractivity contribution in [3.05, 3.63) is 48.0 Å². The number of amides is 1. The highest BCUT2D eigenvalue weighted by Crippen LogP contribution is 2.49. The van der Waals surface area contributed by atoms with Crippen molar-refractivity contribution in [2.45, 2.75) is 25.2 Å². The average Bonchev–Trinajstić information content (AvgIpc) is 3.31. The zero-order chi connectivity index (χ0) is 15.5. The van der Waals surface area contributed by atoms with Gasteiger partial charge in [-0.15, -0.1) is 0 Å². The Morgan fingerprint density at radius 2 is 1.91 bits per heavy atom. The van der Waals surface area contributed by atoms with Crippen molar-refractivity contribution < 1.29 is 14.7 Å². The third-order valence-corrected chi connectivity index (χ3v) is 4.22. The molecule has 4 nitrogen and oxygen atoms in total. The van der Waals surface area contributed by atoms with Crippen molar-refractivity contribution >= 4 is 22.6 Å². The van der Waals surface area contributed by atoms with Crippen molar-refractivity contribution in [1.29, 1.82) is 0 Å². The van der Waals surface area contributed by atoms with Crippen molar-refractivity contribution in [2.24, 2.45) is 5.92 Å². The van der Waals surface area contributed by atoms with E-state index >= 15 is 0 Å². The highest BCUT2D eigenvalue weighted by molar-refractivity contribution is 5.89. The Morgan fingerprint density at radius 1 is 1.14 bits per heavy atom. The number of hydrogen-bond donors (Lipinski definition) is 2. The molecule has 0 spiro atoms. The fourth-order valence-electron chi connectivity index (χ4n) is 2.98. The Kier molecular flexibility index (Phi) is 4.09. The first kappa shape index (κ1) is 14.6. The van der Waals surface area contributed by atoms with Gasteiger partial charge in [0.25, 0.3) is 0 Å². The molecule has 1 aliphatic rings. The number of nitrogens with one attached hydrogen (secondary N) is 1. The Balaban J connectivity index is 1.61. The van der Waals surface area contributed by atoms with Gasteiger partial charge in [-0.2, -0.15) is 0 Å². The van der Waals surface area contributed by atoms with Gasteiger partial charge in [0.2, 0.25) is 5.91 Å². The molecule has 1 fully saturated rings. The molecule has 22 heavy (non-hydrogen) atoms. The molecule has 1 saturated carbocycles. The summed E-state index contributed by atoms with van der Waals surface area (Å²) >= 11 is 0. The molecular formula is C18H19NO3. The largest absolute Gasteiger partial charge is 0.481 e. The van der Waals surface area contributed by atoms with Crippen LogP contribution in [0.2, 0.25) is 0 Å². The van der Waals surface area contributed by atoms with E-state index in [1.807, 2.05) is 18.2 Å². The maximum Gasteiger partial charge on any atom is 0.303 e. The van der Waals surface area contributed by atoms with E-state index in [-0.39, 0.29) is 24.2 Å². The van der Waals surface area contributed by atoms with E-state index in [0.717, 1.165) is 6.42 Å². The summed E-state index contributed by atoms with van der Waals surface area (Å²) in [5.41, 5.74) is 1.24. The number of benzene rings is 2. The second-order valence-electron chi connectivity index (χ2n) is 5.81. The summed E-state index contributed by atoms with van der Waals surface area (Å²) < 4.78 is 0. The molecule has 114 valence electrons. The summed E-state index contributed by atoms with van der Waals surface area (Å²) in [5, 5.41) is 13.8. The second kappa shape index (κ2) is 6.18. The van der Waals surface area contributed by atoms with E-state index in [9.17, 15) is 9.59 Å². The monoisotopic (exact) mass is 297 g/mol. The lowest BCUT2D eigenvalue weighted by molar-refractivity contribution is -0.137. The molecule has 3 rings (SSSR count). The maximum atomic E-state index is 12.1. The Labute approximate surface area is 129 Å². The van der Waals surface area contributed by atoms with Crippen LogP contribution in [-0.2, 0) is 9.59 Å². The molecule has 2 aromatic rings. The quantitative estimate of drug-likeness (QED) is 0.806. The standard InChI is InChI=1S/C18H19NO3/c20-17(21)9-4-10-19-18(22)16-11-15(16)14-8-3-6-12-5-1-2-7-13(12)14/h1-3,5-8,15-16H,4,9-11H2,(H,19,22)(H,20,21). The van der Waals surface area contributed by atoms with Gasteiger partial charge in [0.1, 0.15) is 0 Å². The van der Waals surface area contributed by atoms with Crippen LogP contribution >= 0.6 is 0 Å². The number of carbonyl (C=O) groups excluding carboxylic acids is 1. The van der Waals surface area contributed by atoms with Gasteiger partial charge in [0, 0.05) is 18.9 Å². The zero-order valence-corrected chi connectivity index (χ0v) is 12.3. The van der Waals surface area contributed by atoms with Gasteiger partial charge in [-0.25, -0.2) is 0 Å². The van der Waals surface area contributed by atoms with Crippen LogP contribution in [0.3, 0.4) is 0 Å². The molecule has 0 bridgehead atoms. The Hall–Kier alpha value is -2.36. The highest BCUT2D eigenvalue weighted by Gasteiger charge is 2.44. The number of rotatable bonds is 6. The van der Waals surface area contributed by atoms with Crippen molar-refractivity contribution in [2.75, 3.05) is 6.54 Å². The van der Waals surface area contributed by atoms with Crippen LogP contribution < -0.4 is 5.32 Å². The topological polar surface area (TPSA) is 66.4 Å². The van der Waals surface area contributed by atoms with E-state index in [1.54, 1.807) is 0 Å². The maximum absolute atomic E-state index is 12.1. The number of fused-ring (bicyclic) bond motifs is 1. The van der Waals surface area contributed by atoms with E-state index in [0.29, 0.717) is 13.0 Å². The highest BCUT2D eigenvalue weighted by atomic mass is 16.4. The van der Waals surface area contributed by atoms with Crippen molar-refractivity contribution in [3.63, 3.8) is 0 Å². The first-order chi connectivity index (χ1) is 10.7. The third kappa shape index (κ3) is 3.11. The number of carbonyl (C=O) groups is 2. The molecule has 2 N–H and O–H groups in total. The summed E-state index contributed by atoms with van der Waals surface area (Å²) in [6.45, 7) is 0.434. The number of carboxylic acids is 1. The summed E-state index contributed by atoms with van der Waals surface area (Å²) in [5.74, 6) is -0.473. The first-order valence-corrected chi connectivity index (χ1v) is 7.64. The van der Waals surface area contributed by atoms with Crippen LogP contribution in [-0.4, -0.2) is 23.5 Å². The summed E-state index contributed by atoms with van der Waals surface area (Å²) in [6, 6.07) is 14.5. The average molecular weight is 297 g/mol. The van der Waals surface area contributed by atoms with Crippen molar-refractivity contribution in [3.8, 4) is 0 Å². The molecule has 1 aliphatic carbocycles. The van der Waals surface area contributed by atoms with Gasteiger partial charge in [-0.05, 0) is 35.1 Å². The summed E-state index contributed by atoms with van der Waals surface area (Å²) in [7, 11) is 0. The predicted octanol–water partition coefficient (Wildman–Crippen LogP) is 2.92. The Morgan fingerprint density at radius 3 is 2.73 bits per heavy atom. The number of hydrogen-bond acceptors (Lipinski definition) is 2. The fourth-order valence-corrected chi connectivity index (χ4v) is 2.98. The zero-order valence-electron chi connectivity index (χ0n) is 12.3. The minimum absolute atomic E-state index is 0.0237. The molecule has 0 saturated heterocycles. The molecule has 0 aliphatic heterocycles. The molecule has 1 amide bonds. The fraction of sp³-hybridized carbons (Fsp3) is 0.333. The van der Waals surface area contributed by atoms with Crippen LogP contribution in [0.25, 0.3) is 10.8 Å². The van der Waals surface area contributed by atoms with Gasteiger partial charge in [-0.3, -0.25) is 9.59 Å². The summed E-state index contributed by atoms with van der Waals surface area (Å²) in [4.78, 5) is 22.6.